The summed E-state index contributed by atoms with van der Waals surface area (Å²) in [7, 11) is 0. The summed E-state index contributed by atoms with van der Waals surface area (Å²) in [5.41, 5.74) is 8.89. The summed E-state index contributed by atoms with van der Waals surface area (Å²) in [6.07, 6.45) is 0. The van der Waals surface area contributed by atoms with Gasteiger partial charge in [-0.1, -0.05) is 12.1 Å². The van der Waals surface area contributed by atoms with Gasteiger partial charge in [-0.15, -0.1) is 0 Å². The average Bonchev–Trinajstić information content (AvgIpc) is 2.69. The first-order chi connectivity index (χ1) is 13.2. The maximum Gasteiger partial charge on any atom is 0.152 e. The van der Waals surface area contributed by atoms with E-state index in [0.717, 1.165) is 47.6 Å². The van der Waals surface area contributed by atoms with E-state index in [1.165, 1.54) is 5.69 Å². The quantitative estimate of drug-likeness (QED) is 0.634. The van der Waals surface area contributed by atoms with Gasteiger partial charge in [0.1, 0.15) is 18.1 Å². The van der Waals surface area contributed by atoms with E-state index in [-0.39, 0.29) is 0 Å². The Morgan fingerprint density at radius 3 is 2.74 bits per heavy atom. The van der Waals surface area contributed by atoms with Crippen LogP contribution in [0.15, 0.2) is 48.5 Å². The molecule has 0 amide bonds. The molecule has 0 aromatic heterocycles. The Kier molecular flexibility index (Phi) is 4.67. The van der Waals surface area contributed by atoms with Crippen molar-refractivity contribution in [2.45, 2.75) is 13.8 Å². The molecule has 5 heteroatoms. The molecule has 1 heterocycles. The van der Waals surface area contributed by atoms with E-state index >= 15 is 0 Å². The minimum atomic E-state index is 0.564. The fourth-order valence-electron chi connectivity index (χ4n) is 3.50. The zero-order valence-electron chi connectivity index (χ0n) is 15.8. The van der Waals surface area contributed by atoms with Gasteiger partial charge in [-0.25, -0.2) is 0 Å². The molecular formula is C22H25N3O2. The van der Waals surface area contributed by atoms with Crippen LogP contribution in [0.4, 0.5) is 17.1 Å². The molecule has 0 saturated carbocycles. The molecule has 0 spiro atoms. The number of anilines is 3. The van der Waals surface area contributed by atoms with Crippen molar-refractivity contribution in [2.24, 2.45) is 0 Å². The Morgan fingerprint density at radius 2 is 1.93 bits per heavy atom. The lowest BCUT2D eigenvalue weighted by molar-refractivity contribution is 0.323. The van der Waals surface area contributed by atoms with Gasteiger partial charge in [0.15, 0.2) is 5.75 Å². The molecule has 3 aromatic rings. The minimum absolute atomic E-state index is 0.564. The highest BCUT2D eigenvalue weighted by atomic mass is 16.5. The Labute approximate surface area is 159 Å². The molecule has 0 bridgehead atoms. The second-order valence-electron chi connectivity index (χ2n) is 6.60. The van der Waals surface area contributed by atoms with Crippen LogP contribution in [-0.4, -0.2) is 26.2 Å². The average molecular weight is 363 g/mol. The number of nitrogens with two attached hydrogens (primary N) is 1. The molecule has 0 atom stereocenters. The normalized spacial score (nSPS) is 12.8. The Morgan fingerprint density at radius 1 is 1.07 bits per heavy atom. The molecule has 140 valence electrons. The predicted octanol–water partition coefficient (Wildman–Crippen LogP) is 4.86. The standard InChI is InChI=1S/C22H25N3O2/c1-3-25(4-2)16-8-9-17-15(12-16)6-5-7-20(17)27-21-14-19-22(13-18(21)23)26-11-10-24-19/h5-9,12-14,24H,3-4,10-11,23H2,1-2H3. The zero-order valence-corrected chi connectivity index (χ0v) is 15.8. The number of rotatable bonds is 5. The van der Waals surface area contributed by atoms with E-state index in [9.17, 15) is 0 Å². The zero-order chi connectivity index (χ0) is 18.8. The number of nitrogens with one attached hydrogen (secondary N) is 1. The summed E-state index contributed by atoms with van der Waals surface area (Å²) in [6, 6.07) is 16.3. The first-order valence-corrected chi connectivity index (χ1v) is 9.45. The highest BCUT2D eigenvalue weighted by Gasteiger charge is 2.15. The topological polar surface area (TPSA) is 59.8 Å². The monoisotopic (exact) mass is 363 g/mol. The third kappa shape index (κ3) is 3.33. The first-order valence-electron chi connectivity index (χ1n) is 9.45. The minimum Gasteiger partial charge on any atom is -0.490 e. The van der Waals surface area contributed by atoms with Crippen molar-refractivity contribution < 1.29 is 9.47 Å². The third-order valence-electron chi connectivity index (χ3n) is 4.96. The maximum atomic E-state index is 6.21. The summed E-state index contributed by atoms with van der Waals surface area (Å²) in [6.45, 7) is 7.73. The summed E-state index contributed by atoms with van der Waals surface area (Å²) in [5.74, 6) is 2.20. The van der Waals surface area contributed by atoms with Crippen molar-refractivity contribution in [2.75, 3.05) is 42.2 Å². The van der Waals surface area contributed by atoms with Gasteiger partial charge in [0, 0.05) is 42.8 Å². The summed E-state index contributed by atoms with van der Waals surface area (Å²) in [5, 5.41) is 5.53. The molecule has 5 nitrogen and oxygen atoms in total. The molecule has 0 fully saturated rings. The predicted molar refractivity (Wildman–Crippen MR) is 112 cm³/mol. The fourth-order valence-corrected chi connectivity index (χ4v) is 3.50. The van der Waals surface area contributed by atoms with Crippen LogP contribution in [0.2, 0.25) is 0 Å². The van der Waals surface area contributed by atoms with Crippen molar-refractivity contribution in [3.63, 3.8) is 0 Å². The van der Waals surface area contributed by atoms with Crippen LogP contribution in [0, 0.1) is 0 Å². The van der Waals surface area contributed by atoms with Gasteiger partial charge >= 0.3 is 0 Å². The molecule has 4 rings (SSSR count). The van der Waals surface area contributed by atoms with Crippen LogP contribution in [0.1, 0.15) is 13.8 Å². The van der Waals surface area contributed by atoms with Gasteiger partial charge in [0.05, 0.1) is 11.4 Å². The molecule has 1 aliphatic rings. The van der Waals surface area contributed by atoms with Crippen molar-refractivity contribution in [1.82, 2.24) is 0 Å². The highest BCUT2D eigenvalue weighted by Crippen LogP contribution is 2.40. The third-order valence-corrected chi connectivity index (χ3v) is 4.96. The summed E-state index contributed by atoms with van der Waals surface area (Å²) >= 11 is 0. The van der Waals surface area contributed by atoms with Crippen LogP contribution < -0.4 is 25.4 Å². The molecule has 0 unspecified atom stereocenters. The number of benzene rings is 3. The van der Waals surface area contributed by atoms with Gasteiger partial charge in [0.2, 0.25) is 0 Å². The van der Waals surface area contributed by atoms with E-state index in [1.807, 2.05) is 24.3 Å². The van der Waals surface area contributed by atoms with E-state index in [2.05, 4.69) is 48.3 Å². The molecule has 0 aliphatic carbocycles. The van der Waals surface area contributed by atoms with Crippen LogP contribution in [0.5, 0.6) is 17.2 Å². The van der Waals surface area contributed by atoms with Gasteiger partial charge in [-0.2, -0.15) is 0 Å². The van der Waals surface area contributed by atoms with E-state index in [1.54, 1.807) is 0 Å². The fraction of sp³-hybridized carbons (Fsp3) is 0.273. The maximum absolute atomic E-state index is 6.21. The van der Waals surface area contributed by atoms with Crippen LogP contribution in [0.3, 0.4) is 0 Å². The summed E-state index contributed by atoms with van der Waals surface area (Å²) in [4.78, 5) is 2.33. The number of hydrogen-bond donors (Lipinski definition) is 2. The Hall–Kier alpha value is -3.08. The number of nitrogen functional groups attached to an aromatic ring is 1. The Balaban J connectivity index is 1.70. The van der Waals surface area contributed by atoms with E-state index < -0.39 is 0 Å². The van der Waals surface area contributed by atoms with Crippen molar-refractivity contribution in [3.05, 3.63) is 48.5 Å². The highest BCUT2D eigenvalue weighted by molar-refractivity contribution is 5.91. The second kappa shape index (κ2) is 7.27. The van der Waals surface area contributed by atoms with Gasteiger partial charge in [-0.05, 0) is 43.5 Å². The van der Waals surface area contributed by atoms with E-state index in [0.29, 0.717) is 18.0 Å². The largest absolute Gasteiger partial charge is 0.490 e. The number of hydrogen-bond acceptors (Lipinski definition) is 5. The molecule has 27 heavy (non-hydrogen) atoms. The second-order valence-corrected chi connectivity index (χ2v) is 6.60. The molecule has 1 aliphatic heterocycles. The summed E-state index contributed by atoms with van der Waals surface area (Å²) < 4.78 is 11.8. The molecule has 0 saturated heterocycles. The van der Waals surface area contributed by atoms with Gasteiger partial charge < -0.3 is 25.4 Å². The lowest BCUT2D eigenvalue weighted by Crippen LogP contribution is -2.21. The lowest BCUT2D eigenvalue weighted by Gasteiger charge is -2.22. The number of nitrogens with zero attached hydrogens (tertiary/aromatic N) is 1. The number of fused-ring (bicyclic) bond motifs is 2. The van der Waals surface area contributed by atoms with Gasteiger partial charge in [0.25, 0.3) is 0 Å². The number of ether oxygens (including phenoxy) is 2. The van der Waals surface area contributed by atoms with Crippen LogP contribution >= 0.6 is 0 Å². The smallest absolute Gasteiger partial charge is 0.152 e. The van der Waals surface area contributed by atoms with Crippen LogP contribution in [-0.2, 0) is 0 Å². The lowest BCUT2D eigenvalue weighted by atomic mass is 10.1. The molecular weight excluding hydrogens is 338 g/mol. The van der Waals surface area contributed by atoms with Gasteiger partial charge in [-0.3, -0.25) is 0 Å². The van der Waals surface area contributed by atoms with Crippen LogP contribution in [0.25, 0.3) is 10.8 Å². The van der Waals surface area contributed by atoms with Crippen molar-refractivity contribution >= 4 is 27.8 Å². The SMILES string of the molecule is CCN(CC)c1ccc2c(Oc3cc4c(cc3N)OCCN4)cccc2c1. The first kappa shape index (κ1) is 17.3. The Bertz CT molecular complexity index is 967. The van der Waals surface area contributed by atoms with E-state index in [4.69, 9.17) is 15.2 Å². The molecule has 3 aromatic carbocycles. The molecule has 0 radical (unpaired) electrons. The van der Waals surface area contributed by atoms with Crippen molar-refractivity contribution in [3.8, 4) is 17.2 Å². The van der Waals surface area contributed by atoms with Crippen molar-refractivity contribution in [1.29, 1.82) is 0 Å². The molecule has 3 N–H and O–H groups in total.